The van der Waals surface area contributed by atoms with Crippen molar-refractivity contribution in [2.45, 2.75) is 47.6 Å². The lowest BCUT2D eigenvalue weighted by Crippen LogP contribution is -2.49. The molecule has 1 atom stereocenters. The molecule has 0 radical (unpaired) electrons. The molecular formula is C24H33ClFN2O2+. The first kappa shape index (κ1) is 24.3. The number of quaternary nitrogens is 1. The first-order chi connectivity index (χ1) is 13.9. The molecule has 0 spiro atoms. The van der Waals surface area contributed by atoms with E-state index >= 15 is 0 Å². The fourth-order valence-corrected chi connectivity index (χ4v) is 4.28. The van der Waals surface area contributed by atoms with Gasteiger partial charge in [0.15, 0.2) is 5.75 Å². The third-order valence-electron chi connectivity index (χ3n) is 6.15. The molecule has 6 heteroatoms. The number of allylic oxidation sites excluding steroid dienone is 2. The second-order valence-electron chi connectivity index (χ2n) is 7.88. The first-order valence-electron chi connectivity index (χ1n) is 10.3. The number of ether oxygens (including phenoxy) is 2. The normalized spacial score (nSPS) is 17.7. The number of aryl methyl sites for hydroxylation is 1. The Morgan fingerprint density at radius 3 is 2.30 bits per heavy atom. The average Bonchev–Trinajstić information content (AvgIpc) is 2.90. The van der Waals surface area contributed by atoms with Crippen LogP contribution in [-0.2, 0) is 11.3 Å². The van der Waals surface area contributed by atoms with Crippen LogP contribution in [-0.4, -0.2) is 31.8 Å². The summed E-state index contributed by atoms with van der Waals surface area (Å²) in [4.78, 5) is 4.95. The van der Waals surface area contributed by atoms with E-state index in [4.69, 9.17) is 14.5 Å². The van der Waals surface area contributed by atoms with Crippen molar-refractivity contribution in [2.75, 3.05) is 26.8 Å². The summed E-state index contributed by atoms with van der Waals surface area (Å²) in [5.74, 6) is 0.664. The van der Waals surface area contributed by atoms with Crippen molar-refractivity contribution in [3.63, 3.8) is 0 Å². The second kappa shape index (κ2) is 9.90. The minimum Gasteiger partial charge on any atom is -0.482 e. The van der Waals surface area contributed by atoms with E-state index in [2.05, 4.69) is 27.7 Å². The molecule has 0 amide bonds. The molecule has 1 unspecified atom stereocenters. The fourth-order valence-electron chi connectivity index (χ4n) is 4.28. The zero-order valence-corrected chi connectivity index (χ0v) is 19.7. The molecule has 0 N–H and O–H groups in total. The van der Waals surface area contributed by atoms with Gasteiger partial charge in [0.2, 0.25) is 5.69 Å². The van der Waals surface area contributed by atoms with E-state index in [0.29, 0.717) is 13.2 Å². The summed E-state index contributed by atoms with van der Waals surface area (Å²) in [6, 6.07) is 6.48. The van der Waals surface area contributed by atoms with Gasteiger partial charge in [-0.05, 0) is 44.9 Å². The molecule has 3 rings (SSSR count). The number of hydrogen-bond acceptors (Lipinski definition) is 3. The Morgan fingerprint density at radius 1 is 1.03 bits per heavy atom. The number of pyridine rings is 1. The Kier molecular flexibility index (Phi) is 8.03. The van der Waals surface area contributed by atoms with Gasteiger partial charge in [-0.15, -0.1) is 12.4 Å². The fraction of sp³-hybridized carbons (Fsp3) is 0.458. The van der Waals surface area contributed by atoms with E-state index in [9.17, 15) is 4.39 Å². The number of nitrogens with zero attached hydrogens (tertiary/aromatic N) is 2. The summed E-state index contributed by atoms with van der Waals surface area (Å²) in [6.45, 7) is 13.5. The topological polar surface area (TPSA) is 31.4 Å². The zero-order chi connectivity index (χ0) is 21.2. The third kappa shape index (κ3) is 4.25. The molecule has 1 aliphatic heterocycles. The molecule has 4 nitrogen and oxygen atoms in total. The van der Waals surface area contributed by atoms with Crippen LogP contribution in [0.15, 0.2) is 30.0 Å². The van der Waals surface area contributed by atoms with Crippen LogP contribution in [0.1, 0.15) is 49.7 Å². The van der Waals surface area contributed by atoms with Crippen molar-refractivity contribution in [3.8, 4) is 5.75 Å². The van der Waals surface area contributed by atoms with Gasteiger partial charge in [0.1, 0.15) is 30.4 Å². The lowest BCUT2D eigenvalue weighted by molar-refractivity contribution is 0.164. The minimum absolute atomic E-state index is 0. The maximum absolute atomic E-state index is 13.3. The van der Waals surface area contributed by atoms with E-state index in [1.807, 2.05) is 6.92 Å². The summed E-state index contributed by atoms with van der Waals surface area (Å²) in [5.41, 5.74) is 7.69. The molecule has 0 aliphatic carbocycles. The van der Waals surface area contributed by atoms with Crippen LogP contribution in [0.4, 0.5) is 10.1 Å². The van der Waals surface area contributed by atoms with Gasteiger partial charge in [-0.2, -0.15) is 0 Å². The van der Waals surface area contributed by atoms with E-state index < -0.39 is 0 Å². The van der Waals surface area contributed by atoms with Gasteiger partial charge in [-0.25, -0.2) is 9.37 Å². The summed E-state index contributed by atoms with van der Waals surface area (Å²) in [5, 5.41) is 0. The highest BCUT2D eigenvalue weighted by molar-refractivity contribution is 5.86. The van der Waals surface area contributed by atoms with Gasteiger partial charge < -0.3 is 9.47 Å². The van der Waals surface area contributed by atoms with Crippen LogP contribution in [0.3, 0.4) is 0 Å². The summed E-state index contributed by atoms with van der Waals surface area (Å²) >= 11 is 0. The van der Waals surface area contributed by atoms with Crippen LogP contribution in [0.2, 0.25) is 0 Å². The molecule has 0 bridgehead atoms. The van der Waals surface area contributed by atoms with Gasteiger partial charge in [0.05, 0.1) is 13.2 Å². The molecule has 0 saturated heterocycles. The number of benzene rings is 1. The number of halogens is 2. The molecule has 164 valence electrons. The number of fused-ring (bicyclic) bond motifs is 1. The third-order valence-corrected chi connectivity index (χ3v) is 6.15. The first-order valence-corrected chi connectivity index (χ1v) is 10.3. The molecule has 1 aliphatic rings. The predicted molar refractivity (Wildman–Crippen MR) is 124 cm³/mol. The maximum Gasteiger partial charge on any atom is 0.206 e. The van der Waals surface area contributed by atoms with Crippen molar-refractivity contribution in [1.82, 2.24) is 9.47 Å². The lowest BCUT2D eigenvalue weighted by Gasteiger charge is -2.36. The van der Waals surface area contributed by atoms with E-state index in [1.54, 1.807) is 19.2 Å². The molecule has 2 heterocycles. The van der Waals surface area contributed by atoms with Crippen LogP contribution in [0, 0.1) is 19.7 Å². The Hall–Kier alpha value is -1.95. The van der Waals surface area contributed by atoms with Crippen LogP contribution < -0.4 is 9.22 Å². The summed E-state index contributed by atoms with van der Waals surface area (Å²) in [6.07, 6.45) is 1.04. The van der Waals surface area contributed by atoms with Gasteiger partial charge in [-0.3, -0.25) is 4.48 Å². The van der Waals surface area contributed by atoms with E-state index in [1.165, 1.54) is 23.4 Å². The van der Waals surface area contributed by atoms with Crippen LogP contribution >= 0.6 is 12.4 Å². The largest absolute Gasteiger partial charge is 0.482 e. The number of methoxy groups -OCH3 is 1. The molecule has 1 aromatic heterocycles. The lowest BCUT2D eigenvalue weighted by atomic mass is 10.1. The minimum atomic E-state index is -0.237. The Bertz CT molecular complexity index is 928. The summed E-state index contributed by atoms with van der Waals surface area (Å²) in [7, 11) is 1.75. The highest BCUT2D eigenvalue weighted by atomic mass is 35.5. The number of rotatable bonds is 8. The van der Waals surface area contributed by atoms with Gasteiger partial charge >= 0.3 is 0 Å². The second-order valence-corrected chi connectivity index (χ2v) is 7.88. The van der Waals surface area contributed by atoms with Crippen molar-refractivity contribution in [1.29, 1.82) is 0 Å². The highest BCUT2D eigenvalue weighted by Gasteiger charge is 2.46. The molecule has 30 heavy (non-hydrogen) atoms. The van der Waals surface area contributed by atoms with Crippen LogP contribution in [0.5, 0.6) is 5.75 Å². The van der Waals surface area contributed by atoms with Crippen LogP contribution in [0.25, 0.3) is 5.57 Å². The molecule has 0 saturated carbocycles. The van der Waals surface area contributed by atoms with Crippen molar-refractivity contribution in [2.24, 2.45) is 0 Å². The van der Waals surface area contributed by atoms with Crippen molar-refractivity contribution < 1.29 is 13.9 Å². The molecule has 2 aromatic rings. The van der Waals surface area contributed by atoms with E-state index in [-0.39, 0.29) is 18.2 Å². The maximum atomic E-state index is 13.3. The number of aromatic nitrogens is 1. The Labute approximate surface area is 185 Å². The molecule has 1 aromatic carbocycles. The van der Waals surface area contributed by atoms with Gasteiger partial charge in [0, 0.05) is 30.9 Å². The predicted octanol–water partition coefficient (Wildman–Crippen LogP) is 5.97. The quantitative estimate of drug-likeness (QED) is 0.479. The van der Waals surface area contributed by atoms with Crippen molar-refractivity contribution >= 4 is 23.7 Å². The average molecular weight is 436 g/mol. The Balaban J connectivity index is 0.00000320. The molecule has 0 fully saturated rings. The number of hydrogen-bond donors (Lipinski definition) is 0. The molecular weight excluding hydrogens is 403 g/mol. The standard InChI is InChI=1S/C24H32FN2O2.ClH/c1-7-12-27(13-14-28-6)19(5)17(3)22-23(27)24(16(2)18(4)26-22)29-15-20-8-10-21(25)11-9-20;/h8-11H,7,12-15H2,1-6H3;1H/q+1;. The smallest absolute Gasteiger partial charge is 0.206 e. The zero-order valence-electron chi connectivity index (χ0n) is 18.8. The van der Waals surface area contributed by atoms with Gasteiger partial charge in [-0.1, -0.05) is 19.1 Å². The van der Waals surface area contributed by atoms with E-state index in [0.717, 1.165) is 57.9 Å². The SMILES string of the molecule is CCC[N+]1(CCOC)C(C)=C(C)c2nc(C)c(C)c(OCc3ccc(F)cc3)c21.Cl. The monoisotopic (exact) mass is 435 g/mol. The summed E-state index contributed by atoms with van der Waals surface area (Å²) < 4.78 is 25.9. The van der Waals surface area contributed by atoms with Crippen molar-refractivity contribution in [3.05, 3.63) is 58.3 Å². The Morgan fingerprint density at radius 2 is 1.70 bits per heavy atom. The van der Waals surface area contributed by atoms with Gasteiger partial charge in [0.25, 0.3) is 0 Å². The highest BCUT2D eigenvalue weighted by Crippen LogP contribution is 2.51.